The van der Waals surface area contributed by atoms with Crippen LogP contribution >= 0.6 is 0 Å². The van der Waals surface area contributed by atoms with Crippen LogP contribution in [-0.4, -0.2) is 25.6 Å². The first-order valence-corrected chi connectivity index (χ1v) is 9.02. The van der Waals surface area contributed by atoms with Gasteiger partial charge in [-0.2, -0.15) is 0 Å². The van der Waals surface area contributed by atoms with Gasteiger partial charge in [-0.1, -0.05) is 49.6 Å². The average molecular weight is 333 g/mol. The Morgan fingerprint density at radius 1 is 1.04 bits per heavy atom. The minimum atomic E-state index is 0.595. The predicted molar refractivity (Wildman–Crippen MR) is 99.9 cm³/mol. The average Bonchev–Trinajstić information content (AvgIpc) is 3.07. The maximum absolute atomic E-state index is 4.54. The van der Waals surface area contributed by atoms with Crippen LogP contribution in [-0.2, 0) is 6.54 Å². The molecule has 1 N–H and O–H groups in total. The van der Waals surface area contributed by atoms with E-state index in [1.54, 1.807) is 6.33 Å². The molecule has 128 valence electrons. The second-order valence-electron chi connectivity index (χ2n) is 6.62. The third kappa shape index (κ3) is 3.71. The quantitative estimate of drug-likeness (QED) is 0.772. The van der Waals surface area contributed by atoms with E-state index in [1.165, 1.54) is 37.7 Å². The molecule has 1 aliphatic rings. The van der Waals surface area contributed by atoms with Crippen molar-refractivity contribution in [3.8, 4) is 0 Å². The van der Waals surface area contributed by atoms with E-state index in [4.69, 9.17) is 0 Å². The van der Waals surface area contributed by atoms with Crippen molar-refractivity contribution >= 4 is 17.2 Å². The number of nitrogens with zero attached hydrogens (tertiary/aromatic N) is 4. The van der Waals surface area contributed by atoms with Gasteiger partial charge in [0, 0.05) is 6.04 Å². The van der Waals surface area contributed by atoms with Crippen LogP contribution in [0.1, 0.15) is 43.4 Å². The lowest BCUT2D eigenvalue weighted by Gasteiger charge is -2.21. The number of hydrogen-bond acceptors (Lipinski definition) is 4. The molecule has 1 saturated carbocycles. The van der Waals surface area contributed by atoms with Gasteiger partial charge in [0.1, 0.15) is 11.8 Å². The van der Waals surface area contributed by atoms with Gasteiger partial charge in [0.05, 0.1) is 18.6 Å². The van der Waals surface area contributed by atoms with Crippen LogP contribution in [0.2, 0.25) is 0 Å². The highest BCUT2D eigenvalue weighted by molar-refractivity contribution is 5.79. The molecule has 1 aromatic carbocycles. The molecule has 0 saturated heterocycles. The summed E-state index contributed by atoms with van der Waals surface area (Å²) in [6, 6.07) is 10.9. The van der Waals surface area contributed by atoms with Gasteiger partial charge in [-0.25, -0.2) is 15.0 Å². The Bertz CT molecular complexity index is 847. The first kappa shape index (κ1) is 15.8. The smallest absolute Gasteiger partial charge is 0.164 e. The van der Waals surface area contributed by atoms with E-state index in [-0.39, 0.29) is 0 Å². The fourth-order valence-corrected chi connectivity index (χ4v) is 3.45. The van der Waals surface area contributed by atoms with Crippen molar-refractivity contribution in [1.29, 1.82) is 0 Å². The SMILES string of the molecule is C(=Cc1ncnc2c1ncn2Cc1ccccc1)NC1CCCCC1. The molecule has 2 aromatic heterocycles. The van der Waals surface area contributed by atoms with Gasteiger partial charge in [0.25, 0.3) is 0 Å². The number of rotatable bonds is 5. The van der Waals surface area contributed by atoms with Crippen LogP contribution in [0.5, 0.6) is 0 Å². The fourth-order valence-electron chi connectivity index (χ4n) is 3.45. The molecule has 0 spiro atoms. The number of benzene rings is 1. The maximum Gasteiger partial charge on any atom is 0.164 e. The first-order valence-electron chi connectivity index (χ1n) is 9.02. The second-order valence-corrected chi connectivity index (χ2v) is 6.62. The largest absolute Gasteiger partial charge is 0.388 e. The molecule has 2 heterocycles. The molecule has 5 heteroatoms. The van der Waals surface area contributed by atoms with Gasteiger partial charge in [0.2, 0.25) is 0 Å². The van der Waals surface area contributed by atoms with Gasteiger partial charge in [-0.05, 0) is 30.7 Å². The molecule has 0 amide bonds. The summed E-state index contributed by atoms with van der Waals surface area (Å²) in [6.07, 6.45) is 14.0. The van der Waals surface area contributed by atoms with E-state index in [0.29, 0.717) is 6.04 Å². The van der Waals surface area contributed by atoms with Crippen LogP contribution < -0.4 is 5.32 Å². The molecule has 1 fully saturated rings. The molecule has 0 atom stereocenters. The Morgan fingerprint density at radius 3 is 2.72 bits per heavy atom. The van der Waals surface area contributed by atoms with Gasteiger partial charge >= 0.3 is 0 Å². The molecule has 3 aromatic rings. The summed E-state index contributed by atoms with van der Waals surface area (Å²) in [5, 5.41) is 3.51. The van der Waals surface area contributed by atoms with Crippen LogP contribution in [0, 0.1) is 0 Å². The van der Waals surface area contributed by atoms with E-state index in [9.17, 15) is 0 Å². The predicted octanol–water partition coefficient (Wildman–Crippen LogP) is 3.77. The van der Waals surface area contributed by atoms with Crippen molar-refractivity contribution in [3.05, 3.63) is 60.4 Å². The number of fused-ring (bicyclic) bond motifs is 1. The summed E-state index contributed by atoms with van der Waals surface area (Å²) in [4.78, 5) is 13.4. The highest BCUT2D eigenvalue weighted by Crippen LogP contribution is 2.18. The highest BCUT2D eigenvalue weighted by Gasteiger charge is 2.11. The summed E-state index contributed by atoms with van der Waals surface area (Å²) >= 11 is 0. The summed E-state index contributed by atoms with van der Waals surface area (Å²) in [7, 11) is 0. The third-order valence-corrected chi connectivity index (χ3v) is 4.80. The van der Waals surface area contributed by atoms with Crippen molar-refractivity contribution < 1.29 is 0 Å². The Hall–Kier alpha value is -2.69. The molecule has 0 unspecified atom stereocenters. The number of hydrogen-bond donors (Lipinski definition) is 1. The highest BCUT2D eigenvalue weighted by atomic mass is 15.1. The molecule has 1 aliphatic carbocycles. The van der Waals surface area contributed by atoms with E-state index < -0.39 is 0 Å². The van der Waals surface area contributed by atoms with Crippen molar-refractivity contribution in [2.45, 2.75) is 44.7 Å². The molecule has 0 aliphatic heterocycles. The molecular formula is C20H23N5. The lowest BCUT2D eigenvalue weighted by molar-refractivity contribution is 0.405. The first-order chi connectivity index (χ1) is 12.4. The van der Waals surface area contributed by atoms with Gasteiger partial charge in [-0.3, -0.25) is 0 Å². The summed E-state index contributed by atoms with van der Waals surface area (Å²) < 4.78 is 2.07. The summed E-state index contributed by atoms with van der Waals surface area (Å²) in [6.45, 7) is 0.762. The molecule has 0 radical (unpaired) electrons. The Morgan fingerprint density at radius 2 is 1.88 bits per heavy atom. The number of aromatic nitrogens is 4. The van der Waals surface area contributed by atoms with Gasteiger partial charge in [-0.15, -0.1) is 0 Å². The lowest BCUT2D eigenvalue weighted by Crippen LogP contribution is -2.26. The molecule has 4 rings (SSSR count). The normalized spacial score (nSPS) is 15.8. The van der Waals surface area contributed by atoms with Crippen LogP contribution in [0.4, 0.5) is 0 Å². The molecule has 25 heavy (non-hydrogen) atoms. The van der Waals surface area contributed by atoms with Crippen LogP contribution in [0.25, 0.3) is 17.2 Å². The maximum atomic E-state index is 4.54. The minimum absolute atomic E-state index is 0.595. The van der Waals surface area contributed by atoms with Crippen molar-refractivity contribution in [2.24, 2.45) is 0 Å². The van der Waals surface area contributed by atoms with E-state index in [1.807, 2.05) is 24.7 Å². The zero-order chi connectivity index (χ0) is 16.9. The summed E-state index contributed by atoms with van der Waals surface area (Å²) in [5.41, 5.74) is 3.81. The van der Waals surface area contributed by atoms with Gasteiger partial charge < -0.3 is 9.88 Å². The molecular weight excluding hydrogens is 310 g/mol. The van der Waals surface area contributed by atoms with Crippen molar-refractivity contribution in [1.82, 2.24) is 24.8 Å². The number of imidazole rings is 1. The zero-order valence-corrected chi connectivity index (χ0v) is 14.3. The monoisotopic (exact) mass is 333 g/mol. The van der Waals surface area contributed by atoms with Crippen LogP contribution in [0.15, 0.2) is 49.2 Å². The standard InChI is InChI=1S/C20H23N5/c1-3-7-16(8-4-1)13-25-15-24-19-18(22-14-23-20(19)25)11-12-21-17-9-5-2-6-10-17/h1,3-4,7-8,11-12,14-15,17,21H,2,5-6,9-10,13H2. The van der Waals surface area contributed by atoms with Crippen molar-refractivity contribution in [2.75, 3.05) is 0 Å². The van der Waals surface area contributed by atoms with E-state index in [2.05, 4.69) is 49.1 Å². The fraction of sp³-hybridized carbons (Fsp3) is 0.350. The number of nitrogens with one attached hydrogen (secondary N) is 1. The Kier molecular flexibility index (Phi) is 4.72. The van der Waals surface area contributed by atoms with E-state index in [0.717, 1.165) is 23.4 Å². The van der Waals surface area contributed by atoms with Crippen LogP contribution in [0.3, 0.4) is 0 Å². The zero-order valence-electron chi connectivity index (χ0n) is 14.3. The van der Waals surface area contributed by atoms with Gasteiger partial charge in [0.15, 0.2) is 5.65 Å². The van der Waals surface area contributed by atoms with E-state index >= 15 is 0 Å². The third-order valence-electron chi connectivity index (χ3n) is 4.80. The summed E-state index contributed by atoms with van der Waals surface area (Å²) in [5.74, 6) is 0. The Balaban J connectivity index is 1.52. The topological polar surface area (TPSA) is 55.6 Å². The second kappa shape index (κ2) is 7.47. The lowest BCUT2D eigenvalue weighted by atomic mass is 9.96. The van der Waals surface area contributed by atoms with Crippen molar-refractivity contribution in [3.63, 3.8) is 0 Å². The molecule has 0 bridgehead atoms. The minimum Gasteiger partial charge on any atom is -0.388 e. The Labute approximate surface area is 147 Å². The molecule has 5 nitrogen and oxygen atoms in total.